The van der Waals surface area contributed by atoms with Gasteiger partial charge >= 0.3 is 6.18 Å². The standard InChI is InChI=1S/C23H24F3N5O/c1-30-9-3-4-16(30)11-29-20(32)21-12-22(21,23(24,25)26)14-31(13-21)18-7-6-15(10-27)19-17(18)5-2-8-28-19/h2,5-8,16H,3-4,9,11-14H2,1H3,(H,29,32). The van der Waals surface area contributed by atoms with Crippen LogP contribution in [0.3, 0.4) is 0 Å². The first-order valence-electron chi connectivity index (χ1n) is 10.8. The second kappa shape index (κ2) is 7.07. The lowest BCUT2D eigenvalue weighted by molar-refractivity contribution is -0.191. The van der Waals surface area contributed by atoms with Crippen molar-refractivity contribution in [1.82, 2.24) is 15.2 Å². The van der Waals surface area contributed by atoms with E-state index in [4.69, 9.17) is 0 Å². The van der Waals surface area contributed by atoms with Gasteiger partial charge in [-0.3, -0.25) is 9.78 Å². The Morgan fingerprint density at radius 1 is 1.34 bits per heavy atom. The van der Waals surface area contributed by atoms with Gasteiger partial charge in [-0.1, -0.05) is 0 Å². The van der Waals surface area contributed by atoms with Crippen LogP contribution >= 0.6 is 0 Å². The Labute approximate surface area is 184 Å². The van der Waals surface area contributed by atoms with Crippen molar-refractivity contribution in [3.8, 4) is 6.07 Å². The number of benzene rings is 1. The zero-order chi connectivity index (χ0) is 22.7. The second-order valence-electron chi connectivity index (χ2n) is 9.33. The zero-order valence-electron chi connectivity index (χ0n) is 17.7. The van der Waals surface area contributed by atoms with Gasteiger partial charge in [-0.25, -0.2) is 0 Å². The predicted molar refractivity (Wildman–Crippen MR) is 113 cm³/mol. The van der Waals surface area contributed by atoms with E-state index in [2.05, 4.69) is 21.3 Å². The zero-order valence-corrected chi connectivity index (χ0v) is 17.7. The third-order valence-electron chi connectivity index (χ3n) is 7.67. The van der Waals surface area contributed by atoms with Crippen LogP contribution in [0.15, 0.2) is 30.5 Å². The molecule has 0 radical (unpaired) electrons. The number of halogens is 3. The fraction of sp³-hybridized carbons (Fsp3) is 0.522. The maximum Gasteiger partial charge on any atom is 0.397 e. The number of fused-ring (bicyclic) bond motifs is 2. The van der Waals surface area contributed by atoms with E-state index < -0.39 is 22.9 Å². The maximum absolute atomic E-state index is 14.2. The van der Waals surface area contributed by atoms with E-state index in [1.807, 2.05) is 7.05 Å². The molecule has 3 atom stereocenters. The molecule has 1 N–H and O–H groups in total. The summed E-state index contributed by atoms with van der Waals surface area (Å²) in [4.78, 5) is 21.2. The summed E-state index contributed by atoms with van der Waals surface area (Å²) in [7, 11) is 1.97. The molecule has 0 bridgehead atoms. The summed E-state index contributed by atoms with van der Waals surface area (Å²) in [5.74, 6) is -0.506. The van der Waals surface area contributed by atoms with Crippen LogP contribution in [0, 0.1) is 22.2 Å². The average Bonchev–Trinajstić information content (AvgIpc) is 3.07. The molecule has 1 aliphatic carbocycles. The lowest BCUT2D eigenvalue weighted by atomic mass is 9.94. The lowest BCUT2D eigenvalue weighted by Gasteiger charge is -2.25. The topological polar surface area (TPSA) is 72.3 Å². The quantitative estimate of drug-likeness (QED) is 0.787. The highest BCUT2D eigenvalue weighted by Crippen LogP contribution is 2.75. The number of amides is 1. The minimum atomic E-state index is -4.48. The number of nitrogens with one attached hydrogen (secondary N) is 1. The number of carbonyl (C=O) groups is 1. The van der Waals surface area contributed by atoms with Crippen molar-refractivity contribution in [3.63, 3.8) is 0 Å². The second-order valence-corrected chi connectivity index (χ2v) is 9.33. The van der Waals surface area contributed by atoms with Gasteiger partial charge in [-0.15, -0.1) is 0 Å². The smallest absolute Gasteiger partial charge is 0.369 e. The molecule has 32 heavy (non-hydrogen) atoms. The van der Waals surface area contributed by atoms with Crippen molar-refractivity contribution in [2.24, 2.45) is 10.8 Å². The van der Waals surface area contributed by atoms with Gasteiger partial charge in [0.2, 0.25) is 5.91 Å². The van der Waals surface area contributed by atoms with Crippen LogP contribution in [0.25, 0.3) is 10.9 Å². The number of aromatic nitrogens is 1. The fourth-order valence-electron chi connectivity index (χ4n) is 5.73. The number of pyridine rings is 1. The Kier molecular flexibility index (Phi) is 4.64. The van der Waals surface area contributed by atoms with Crippen molar-refractivity contribution in [2.75, 3.05) is 38.1 Å². The van der Waals surface area contributed by atoms with Crippen LogP contribution in [0.1, 0.15) is 24.8 Å². The Hall–Kier alpha value is -2.86. The van der Waals surface area contributed by atoms with Crippen molar-refractivity contribution in [3.05, 3.63) is 36.0 Å². The molecule has 1 aromatic heterocycles. The number of likely N-dealkylation sites (tertiary alicyclic amines) is 1. The number of rotatable bonds is 4. The molecule has 3 fully saturated rings. The summed E-state index contributed by atoms with van der Waals surface area (Å²) < 4.78 is 42.7. The van der Waals surface area contributed by atoms with E-state index >= 15 is 0 Å². The van der Waals surface area contributed by atoms with Crippen LogP contribution in [-0.2, 0) is 4.79 Å². The molecule has 6 nitrogen and oxygen atoms in total. The Morgan fingerprint density at radius 2 is 2.16 bits per heavy atom. The van der Waals surface area contributed by atoms with E-state index in [1.54, 1.807) is 35.4 Å². The molecule has 5 rings (SSSR count). The van der Waals surface area contributed by atoms with Gasteiger partial charge in [0.15, 0.2) is 0 Å². The maximum atomic E-state index is 14.2. The van der Waals surface area contributed by atoms with Crippen LogP contribution < -0.4 is 10.2 Å². The largest absolute Gasteiger partial charge is 0.397 e. The van der Waals surface area contributed by atoms with Crippen molar-refractivity contribution in [1.29, 1.82) is 5.26 Å². The Bertz CT molecular complexity index is 1130. The molecule has 1 amide bonds. The molecule has 2 saturated heterocycles. The number of likely N-dealkylation sites (N-methyl/N-ethyl adjacent to an activating group) is 1. The molecule has 3 aliphatic rings. The minimum Gasteiger partial charge on any atom is -0.369 e. The highest BCUT2D eigenvalue weighted by molar-refractivity contribution is 5.97. The first-order valence-corrected chi connectivity index (χ1v) is 10.8. The van der Waals surface area contributed by atoms with E-state index in [0.29, 0.717) is 28.7 Å². The van der Waals surface area contributed by atoms with Gasteiger partial charge in [-0.2, -0.15) is 18.4 Å². The van der Waals surface area contributed by atoms with Gasteiger partial charge in [0, 0.05) is 42.9 Å². The molecule has 3 unspecified atom stereocenters. The van der Waals surface area contributed by atoms with E-state index in [-0.39, 0.29) is 25.6 Å². The molecule has 2 aromatic rings. The first-order chi connectivity index (χ1) is 15.2. The third-order valence-corrected chi connectivity index (χ3v) is 7.67. The van der Waals surface area contributed by atoms with Crippen LogP contribution in [0.5, 0.6) is 0 Å². The molecule has 0 spiro atoms. The molecule has 1 aromatic carbocycles. The van der Waals surface area contributed by atoms with Gasteiger partial charge in [0.05, 0.1) is 16.5 Å². The van der Waals surface area contributed by atoms with Gasteiger partial charge < -0.3 is 15.1 Å². The molecule has 9 heteroatoms. The number of hydrogen-bond donors (Lipinski definition) is 1. The van der Waals surface area contributed by atoms with E-state index in [1.165, 1.54) is 0 Å². The number of alkyl halides is 3. The van der Waals surface area contributed by atoms with Crippen LogP contribution in [0.2, 0.25) is 0 Å². The molecule has 3 heterocycles. The number of nitrogens with zero attached hydrogens (tertiary/aromatic N) is 4. The molecular weight excluding hydrogens is 419 g/mol. The number of carbonyl (C=O) groups excluding carboxylic acids is 1. The summed E-state index contributed by atoms with van der Waals surface area (Å²) in [5.41, 5.74) is -2.13. The highest BCUT2D eigenvalue weighted by Gasteiger charge is 2.86. The van der Waals surface area contributed by atoms with Crippen molar-refractivity contribution < 1.29 is 18.0 Å². The first kappa shape index (κ1) is 21.0. The molecule has 168 valence electrons. The molecule has 2 aliphatic heterocycles. The summed E-state index contributed by atoms with van der Waals surface area (Å²) in [6.45, 7) is 1.03. The minimum absolute atomic E-state index is 0.00521. The summed E-state index contributed by atoms with van der Waals surface area (Å²) in [5, 5.41) is 12.8. The van der Waals surface area contributed by atoms with Gasteiger partial charge in [0.1, 0.15) is 11.5 Å². The monoisotopic (exact) mass is 443 g/mol. The van der Waals surface area contributed by atoms with Crippen LogP contribution in [0.4, 0.5) is 18.9 Å². The summed E-state index contributed by atoms with van der Waals surface area (Å²) in [6, 6.07) is 8.95. The third kappa shape index (κ3) is 2.89. The van der Waals surface area contributed by atoms with Crippen molar-refractivity contribution >= 4 is 22.5 Å². The predicted octanol–water partition coefficient (Wildman–Crippen LogP) is 3.08. The number of nitriles is 1. The highest BCUT2D eigenvalue weighted by atomic mass is 19.4. The molecular formula is C23H24F3N5O. The van der Waals surface area contributed by atoms with E-state index in [0.717, 1.165) is 19.4 Å². The lowest BCUT2D eigenvalue weighted by Crippen LogP contribution is -2.44. The van der Waals surface area contributed by atoms with Gasteiger partial charge in [0.25, 0.3) is 0 Å². The van der Waals surface area contributed by atoms with Gasteiger partial charge in [-0.05, 0) is 57.1 Å². The summed E-state index contributed by atoms with van der Waals surface area (Å²) in [6.07, 6.45) is -1.14. The number of anilines is 1. The Morgan fingerprint density at radius 3 is 2.84 bits per heavy atom. The SMILES string of the molecule is CN1CCCC1CNC(=O)C12CN(c3ccc(C#N)c4ncccc34)CC1(C(F)(F)F)C2. The summed E-state index contributed by atoms with van der Waals surface area (Å²) >= 11 is 0. The molecule has 1 saturated carbocycles. The van der Waals surface area contributed by atoms with Crippen molar-refractivity contribution in [2.45, 2.75) is 31.5 Å². The number of piperidine rings is 1. The van der Waals surface area contributed by atoms with Crippen LogP contribution in [-0.4, -0.2) is 61.2 Å². The number of hydrogen-bond acceptors (Lipinski definition) is 5. The Balaban J connectivity index is 1.45. The fourth-order valence-corrected chi connectivity index (χ4v) is 5.73. The normalized spacial score (nSPS) is 29.7. The average molecular weight is 443 g/mol. The van der Waals surface area contributed by atoms with E-state index in [9.17, 15) is 23.2 Å².